The molecule has 0 spiro atoms. The van der Waals surface area contributed by atoms with Crippen LogP contribution in [-0.2, 0) is 12.8 Å². The zero-order chi connectivity index (χ0) is 20.6. The molecule has 0 atom stereocenters. The van der Waals surface area contributed by atoms with E-state index in [9.17, 15) is 20.1 Å². The van der Waals surface area contributed by atoms with Crippen LogP contribution < -0.4 is 5.43 Å². The van der Waals surface area contributed by atoms with E-state index in [4.69, 9.17) is 4.42 Å². The van der Waals surface area contributed by atoms with E-state index in [0.717, 1.165) is 11.1 Å². The van der Waals surface area contributed by atoms with Crippen molar-refractivity contribution in [3.63, 3.8) is 0 Å². The van der Waals surface area contributed by atoms with Gasteiger partial charge < -0.3 is 19.7 Å². The molecule has 3 N–H and O–H groups in total. The number of hydrogen-bond donors (Lipinski definition) is 3. The Morgan fingerprint density at radius 3 is 2.14 bits per heavy atom. The minimum atomic E-state index is -0.398. The average Bonchev–Trinajstić information content (AvgIpc) is 2.59. The van der Waals surface area contributed by atoms with Crippen molar-refractivity contribution >= 4 is 21.9 Å². The van der Waals surface area contributed by atoms with Crippen molar-refractivity contribution < 1.29 is 19.7 Å². The molecule has 2 aromatic carbocycles. The van der Waals surface area contributed by atoms with Gasteiger partial charge in [0, 0.05) is 17.2 Å². The molecule has 28 heavy (non-hydrogen) atoms. The largest absolute Gasteiger partial charge is 0.508 e. The van der Waals surface area contributed by atoms with Crippen LogP contribution in [0.4, 0.5) is 0 Å². The van der Waals surface area contributed by atoms with Crippen molar-refractivity contribution in [3.05, 3.63) is 62.8 Å². The van der Waals surface area contributed by atoms with Crippen LogP contribution in [0.1, 0.15) is 38.8 Å². The van der Waals surface area contributed by atoms with Crippen molar-refractivity contribution in [1.82, 2.24) is 0 Å². The zero-order valence-corrected chi connectivity index (χ0v) is 16.5. The second-order valence-corrected chi connectivity index (χ2v) is 7.44. The van der Waals surface area contributed by atoms with Gasteiger partial charge in [-0.3, -0.25) is 4.79 Å². The SMILES string of the molecule is CC(C)=CCc1c(O)cc2oc3c(CC=C(C)C)c(O)ccc3c(=O)c2c1O. The van der Waals surface area contributed by atoms with E-state index in [0.29, 0.717) is 18.4 Å². The predicted octanol–water partition coefficient (Wildman–Crippen LogP) is 5.08. The minimum absolute atomic E-state index is 0.0288. The molecule has 0 saturated heterocycles. The van der Waals surface area contributed by atoms with Gasteiger partial charge in [0.2, 0.25) is 5.43 Å². The van der Waals surface area contributed by atoms with Crippen LogP contribution in [-0.4, -0.2) is 15.3 Å². The third-order valence-electron chi connectivity index (χ3n) is 4.69. The van der Waals surface area contributed by atoms with Gasteiger partial charge in [-0.15, -0.1) is 0 Å². The molecule has 1 aromatic heterocycles. The fourth-order valence-corrected chi connectivity index (χ4v) is 3.14. The highest BCUT2D eigenvalue weighted by Gasteiger charge is 2.20. The van der Waals surface area contributed by atoms with Crippen LogP contribution in [0, 0.1) is 0 Å². The average molecular weight is 380 g/mol. The summed E-state index contributed by atoms with van der Waals surface area (Å²) < 4.78 is 5.89. The lowest BCUT2D eigenvalue weighted by atomic mass is 10.0. The maximum atomic E-state index is 13.1. The number of phenolic OH excluding ortho intramolecular Hbond substituents is 3. The van der Waals surface area contributed by atoms with Crippen LogP contribution in [0.15, 0.2) is 50.7 Å². The van der Waals surface area contributed by atoms with Crippen molar-refractivity contribution in [1.29, 1.82) is 0 Å². The Balaban J connectivity index is 2.36. The van der Waals surface area contributed by atoms with Crippen molar-refractivity contribution in [3.8, 4) is 17.2 Å². The molecule has 0 unspecified atom stereocenters. The van der Waals surface area contributed by atoms with E-state index in [-0.39, 0.29) is 44.8 Å². The fourth-order valence-electron chi connectivity index (χ4n) is 3.14. The first-order valence-electron chi connectivity index (χ1n) is 9.12. The lowest BCUT2D eigenvalue weighted by molar-refractivity contribution is 0.443. The Kier molecular flexibility index (Phi) is 5.18. The molecule has 146 valence electrons. The Labute approximate surface area is 162 Å². The summed E-state index contributed by atoms with van der Waals surface area (Å²) in [5.41, 5.74) is 2.81. The number of allylic oxidation sites excluding steroid dienone is 4. The van der Waals surface area contributed by atoms with E-state index in [1.807, 2.05) is 39.8 Å². The Bertz CT molecular complexity index is 1190. The first-order chi connectivity index (χ1) is 13.2. The van der Waals surface area contributed by atoms with Crippen LogP contribution in [0.25, 0.3) is 21.9 Å². The van der Waals surface area contributed by atoms with Gasteiger partial charge in [-0.2, -0.15) is 0 Å². The Morgan fingerprint density at radius 2 is 1.54 bits per heavy atom. The van der Waals surface area contributed by atoms with E-state index in [1.165, 1.54) is 18.2 Å². The fraction of sp³-hybridized carbons (Fsp3) is 0.261. The van der Waals surface area contributed by atoms with E-state index < -0.39 is 5.43 Å². The highest BCUT2D eigenvalue weighted by molar-refractivity contribution is 5.96. The van der Waals surface area contributed by atoms with Crippen molar-refractivity contribution in [2.24, 2.45) is 0 Å². The van der Waals surface area contributed by atoms with Crippen LogP contribution in [0.2, 0.25) is 0 Å². The molecular formula is C23H24O5. The maximum absolute atomic E-state index is 13.1. The maximum Gasteiger partial charge on any atom is 0.204 e. The molecule has 0 radical (unpaired) electrons. The summed E-state index contributed by atoms with van der Waals surface area (Å²) >= 11 is 0. The highest BCUT2D eigenvalue weighted by Crippen LogP contribution is 2.37. The molecule has 0 fully saturated rings. The summed E-state index contributed by atoms with van der Waals surface area (Å²) in [5, 5.41) is 31.6. The van der Waals surface area contributed by atoms with Gasteiger partial charge in [-0.25, -0.2) is 0 Å². The summed E-state index contributed by atoms with van der Waals surface area (Å²) in [7, 11) is 0. The first-order valence-corrected chi connectivity index (χ1v) is 9.12. The summed E-state index contributed by atoms with van der Waals surface area (Å²) in [5.74, 6) is -0.390. The molecule has 0 saturated carbocycles. The monoisotopic (exact) mass is 380 g/mol. The number of hydrogen-bond acceptors (Lipinski definition) is 5. The molecular weight excluding hydrogens is 356 g/mol. The van der Waals surface area contributed by atoms with Crippen LogP contribution in [0.5, 0.6) is 17.2 Å². The van der Waals surface area contributed by atoms with Crippen LogP contribution in [0.3, 0.4) is 0 Å². The molecule has 3 aromatic rings. The molecule has 5 heteroatoms. The van der Waals surface area contributed by atoms with Crippen LogP contribution >= 0.6 is 0 Å². The van der Waals surface area contributed by atoms with Gasteiger partial charge in [0.25, 0.3) is 0 Å². The first kappa shape index (κ1) is 19.5. The van der Waals surface area contributed by atoms with E-state index >= 15 is 0 Å². The summed E-state index contributed by atoms with van der Waals surface area (Å²) in [6.07, 6.45) is 4.49. The van der Waals surface area contributed by atoms with Gasteiger partial charge in [0.1, 0.15) is 33.8 Å². The second kappa shape index (κ2) is 7.43. The molecule has 0 aliphatic rings. The molecule has 1 heterocycles. The molecule has 3 rings (SSSR count). The Morgan fingerprint density at radius 1 is 0.929 bits per heavy atom. The zero-order valence-electron chi connectivity index (χ0n) is 16.5. The van der Waals surface area contributed by atoms with Gasteiger partial charge in [-0.05, 0) is 52.7 Å². The van der Waals surface area contributed by atoms with E-state index in [2.05, 4.69) is 0 Å². The predicted molar refractivity (Wildman–Crippen MR) is 111 cm³/mol. The number of phenols is 3. The quantitative estimate of drug-likeness (QED) is 0.434. The lowest BCUT2D eigenvalue weighted by Gasteiger charge is -2.11. The summed E-state index contributed by atoms with van der Waals surface area (Å²) in [6.45, 7) is 7.71. The topological polar surface area (TPSA) is 90.9 Å². The third kappa shape index (κ3) is 3.48. The molecule has 0 amide bonds. The van der Waals surface area contributed by atoms with Gasteiger partial charge in [-0.1, -0.05) is 23.3 Å². The van der Waals surface area contributed by atoms with Crippen molar-refractivity contribution in [2.45, 2.75) is 40.5 Å². The highest BCUT2D eigenvalue weighted by atomic mass is 16.3. The standard InChI is InChI=1S/C23H24O5/c1-12(2)5-7-14-18(25)11-19-20(21(14)26)22(27)16-9-10-17(24)15(23(16)28-19)8-6-13(3)4/h5-6,9-11,24-26H,7-8H2,1-4H3. The second-order valence-electron chi connectivity index (χ2n) is 7.44. The number of fused-ring (bicyclic) bond motifs is 2. The van der Waals surface area contributed by atoms with Gasteiger partial charge in [0.05, 0.1) is 5.39 Å². The molecule has 0 aliphatic heterocycles. The Hall–Kier alpha value is -3.21. The third-order valence-corrected chi connectivity index (χ3v) is 4.69. The molecule has 0 aliphatic carbocycles. The van der Waals surface area contributed by atoms with Gasteiger partial charge in [0.15, 0.2) is 0 Å². The van der Waals surface area contributed by atoms with Gasteiger partial charge >= 0.3 is 0 Å². The summed E-state index contributed by atoms with van der Waals surface area (Å²) in [4.78, 5) is 13.1. The number of benzene rings is 2. The van der Waals surface area contributed by atoms with Crippen molar-refractivity contribution in [2.75, 3.05) is 0 Å². The molecule has 5 nitrogen and oxygen atoms in total. The lowest BCUT2D eigenvalue weighted by Crippen LogP contribution is -2.05. The minimum Gasteiger partial charge on any atom is -0.508 e. The molecule has 0 bridgehead atoms. The normalized spacial score (nSPS) is 11.0. The number of rotatable bonds is 4. The number of aromatic hydroxyl groups is 3. The smallest absolute Gasteiger partial charge is 0.204 e. The van der Waals surface area contributed by atoms with E-state index in [1.54, 1.807) is 0 Å². The summed E-state index contributed by atoms with van der Waals surface area (Å²) in [6, 6.07) is 4.30.